The number of aliphatic hydroxyl groups excluding tert-OH is 1. The van der Waals surface area contributed by atoms with Crippen LogP contribution in [0.2, 0.25) is 0 Å². The lowest BCUT2D eigenvalue weighted by molar-refractivity contribution is -0.149. The minimum atomic E-state index is -3.44. The molecule has 0 amide bonds. The second-order valence-corrected chi connectivity index (χ2v) is 12.4. The van der Waals surface area contributed by atoms with Crippen LogP contribution in [0.5, 0.6) is 5.75 Å². The third-order valence-corrected chi connectivity index (χ3v) is 8.07. The van der Waals surface area contributed by atoms with Gasteiger partial charge < -0.3 is 28.7 Å². The van der Waals surface area contributed by atoms with Crippen molar-refractivity contribution in [2.45, 2.75) is 70.8 Å². The average Bonchev–Trinajstić information content (AvgIpc) is 3.02. The number of esters is 1. The molecule has 2 heterocycles. The summed E-state index contributed by atoms with van der Waals surface area (Å²) in [7, 11) is 0. The molecule has 1 aromatic heterocycles. The number of hydrogen-bond acceptors (Lipinski definition) is 10. The Morgan fingerprint density at radius 2 is 1.92 bits per heavy atom. The van der Waals surface area contributed by atoms with Crippen molar-refractivity contribution in [2.75, 3.05) is 6.61 Å². The first-order valence-electron chi connectivity index (χ1n) is 11.6. The third kappa shape index (κ3) is 7.14. The fourth-order valence-corrected chi connectivity index (χ4v) is 6.03. The molecular weight excluding hydrogens is 525 g/mol. The highest BCUT2D eigenvalue weighted by molar-refractivity contribution is 8.09. The maximum Gasteiger partial charge on any atom is 0.330 e. The van der Waals surface area contributed by atoms with Gasteiger partial charge >= 0.3 is 18.3 Å². The number of rotatable bonds is 10. The van der Waals surface area contributed by atoms with E-state index in [9.17, 15) is 24.6 Å². The number of hydrogen-bond donors (Lipinski definition) is 4. The molecule has 0 radical (unpaired) electrons. The predicted molar refractivity (Wildman–Crippen MR) is 138 cm³/mol. The van der Waals surface area contributed by atoms with Crippen molar-refractivity contribution < 1.29 is 33.5 Å². The standard InChI is InChI=1S/C23H32N3O9PS/c1-13(2)33-20(29)15(4)25-36(37,35-16-8-6-14(3)7-9-16)32-12-17-19(28)23(5,31)21(34-17)26-11-10-18(27)24-22(26)30/h6-11,13,15,17,19,21,28,31H,12H2,1-5H3,(H,25,37)(H,24,27,30)/t15-,17+,19+,21+,23+,36?/m0/s1. The van der Waals surface area contributed by atoms with Gasteiger partial charge in [-0.25, -0.2) is 9.88 Å². The number of H-pyrrole nitrogens is 1. The fraction of sp³-hybridized carbons (Fsp3) is 0.522. The number of carbonyl (C=O) groups is 1. The lowest BCUT2D eigenvalue weighted by Gasteiger charge is -2.28. The van der Waals surface area contributed by atoms with Crippen LogP contribution in [-0.2, 0) is 30.6 Å². The van der Waals surface area contributed by atoms with Crippen LogP contribution in [0.25, 0.3) is 0 Å². The summed E-state index contributed by atoms with van der Waals surface area (Å²) in [5.41, 5.74) is -2.36. The van der Waals surface area contributed by atoms with E-state index in [4.69, 9.17) is 30.3 Å². The lowest BCUT2D eigenvalue weighted by Crippen LogP contribution is -2.47. The lowest BCUT2D eigenvalue weighted by atomic mass is 9.96. The second kappa shape index (κ2) is 11.6. The van der Waals surface area contributed by atoms with Gasteiger partial charge in [0.2, 0.25) is 0 Å². The molecule has 0 spiro atoms. The topological polar surface area (TPSA) is 161 Å². The van der Waals surface area contributed by atoms with E-state index in [1.165, 1.54) is 6.92 Å². The van der Waals surface area contributed by atoms with Crippen LogP contribution in [0.4, 0.5) is 0 Å². The van der Waals surface area contributed by atoms with Gasteiger partial charge in [-0.3, -0.25) is 19.1 Å². The molecule has 2 aromatic rings. The first kappa shape index (κ1) is 29.2. The molecule has 3 rings (SSSR count). The van der Waals surface area contributed by atoms with Crippen LogP contribution in [-0.4, -0.2) is 62.3 Å². The van der Waals surface area contributed by atoms with E-state index in [0.717, 1.165) is 22.4 Å². The number of ether oxygens (including phenoxy) is 2. The molecular formula is C23H32N3O9PS. The highest BCUT2D eigenvalue weighted by atomic mass is 32.5. The molecule has 1 saturated heterocycles. The normalized spacial score (nSPS) is 26.0. The number of benzene rings is 1. The van der Waals surface area contributed by atoms with E-state index in [-0.39, 0.29) is 12.7 Å². The maximum absolute atomic E-state index is 12.4. The molecule has 37 heavy (non-hydrogen) atoms. The first-order valence-corrected chi connectivity index (χ1v) is 14.2. The molecule has 0 aliphatic carbocycles. The number of aliphatic hydroxyl groups is 2. The SMILES string of the molecule is Cc1ccc(OP(=S)(N[C@@H](C)C(=O)OC(C)C)OC[C@H]2O[C@@H](n3ccc(=O)[nH]c3=O)[C@](C)(O)[C@@H]2O)cc1. The van der Waals surface area contributed by atoms with Gasteiger partial charge in [0.25, 0.3) is 5.56 Å². The molecule has 0 bridgehead atoms. The Hall–Kier alpha value is -2.38. The molecule has 12 nitrogen and oxygen atoms in total. The third-order valence-electron chi connectivity index (χ3n) is 5.57. The van der Waals surface area contributed by atoms with Crippen LogP contribution in [0.3, 0.4) is 0 Å². The molecule has 1 fully saturated rings. The number of aromatic amines is 1. The Kier molecular flexibility index (Phi) is 9.12. The highest BCUT2D eigenvalue weighted by Gasteiger charge is 2.53. The second-order valence-electron chi connectivity index (χ2n) is 9.25. The van der Waals surface area contributed by atoms with Gasteiger partial charge in [0.05, 0.1) is 12.7 Å². The van der Waals surface area contributed by atoms with Gasteiger partial charge in [-0.1, -0.05) is 17.7 Å². The van der Waals surface area contributed by atoms with E-state index in [1.54, 1.807) is 32.9 Å². The van der Waals surface area contributed by atoms with E-state index < -0.39 is 53.9 Å². The zero-order valence-corrected chi connectivity index (χ0v) is 22.8. The number of nitrogens with one attached hydrogen (secondary N) is 2. The van der Waals surface area contributed by atoms with Crippen molar-refractivity contribution in [1.29, 1.82) is 0 Å². The van der Waals surface area contributed by atoms with E-state index in [2.05, 4.69) is 10.1 Å². The van der Waals surface area contributed by atoms with Crippen LogP contribution in [0.15, 0.2) is 46.1 Å². The van der Waals surface area contributed by atoms with E-state index in [0.29, 0.717) is 5.75 Å². The molecule has 14 heteroatoms. The molecule has 1 unspecified atom stereocenters. The van der Waals surface area contributed by atoms with Gasteiger partial charge in [-0.2, -0.15) is 0 Å². The highest BCUT2D eigenvalue weighted by Crippen LogP contribution is 2.47. The first-order chi connectivity index (χ1) is 17.2. The zero-order chi connectivity index (χ0) is 27.5. The van der Waals surface area contributed by atoms with Gasteiger partial charge in [0, 0.05) is 12.3 Å². The molecule has 6 atom stereocenters. The van der Waals surface area contributed by atoms with Crippen molar-refractivity contribution in [2.24, 2.45) is 0 Å². The number of aromatic nitrogens is 2. The zero-order valence-electron chi connectivity index (χ0n) is 21.1. The monoisotopic (exact) mass is 557 g/mol. The maximum atomic E-state index is 12.4. The quantitative estimate of drug-likeness (QED) is 0.245. The van der Waals surface area contributed by atoms with Gasteiger partial charge in [-0.05, 0) is 58.6 Å². The summed E-state index contributed by atoms with van der Waals surface area (Å²) in [6.45, 7) is 4.39. The number of aryl methyl sites for hydroxylation is 1. The smallest absolute Gasteiger partial charge is 0.330 e. The Morgan fingerprint density at radius 1 is 1.27 bits per heavy atom. The van der Waals surface area contributed by atoms with Crippen LogP contribution in [0, 0.1) is 6.92 Å². The van der Waals surface area contributed by atoms with Crippen molar-refractivity contribution >= 4 is 24.4 Å². The Bertz CT molecular complexity index is 1260. The van der Waals surface area contributed by atoms with E-state index >= 15 is 0 Å². The Morgan fingerprint density at radius 3 is 2.51 bits per heavy atom. The van der Waals surface area contributed by atoms with Crippen molar-refractivity contribution in [1.82, 2.24) is 14.6 Å². The summed E-state index contributed by atoms with van der Waals surface area (Å²) in [6.07, 6.45) is -3.15. The molecule has 1 aromatic carbocycles. The fourth-order valence-electron chi connectivity index (χ4n) is 3.61. The van der Waals surface area contributed by atoms with Gasteiger partial charge in [-0.15, -0.1) is 0 Å². The molecule has 0 saturated carbocycles. The summed E-state index contributed by atoms with van der Waals surface area (Å²) in [6, 6.07) is 7.24. The average molecular weight is 558 g/mol. The minimum absolute atomic E-state index is 0.342. The summed E-state index contributed by atoms with van der Waals surface area (Å²) in [5, 5.41) is 24.6. The van der Waals surface area contributed by atoms with Crippen LogP contribution >= 0.6 is 6.64 Å². The van der Waals surface area contributed by atoms with Gasteiger partial charge in [0.1, 0.15) is 29.6 Å². The summed E-state index contributed by atoms with van der Waals surface area (Å²) in [4.78, 5) is 38.2. The summed E-state index contributed by atoms with van der Waals surface area (Å²) < 4.78 is 23.8. The molecule has 204 valence electrons. The predicted octanol–water partition coefficient (Wildman–Crippen LogP) is 1.10. The largest absolute Gasteiger partial charge is 0.462 e. The van der Waals surface area contributed by atoms with Crippen molar-refractivity contribution in [3.63, 3.8) is 0 Å². The van der Waals surface area contributed by atoms with Gasteiger partial charge in [0.15, 0.2) is 6.23 Å². The van der Waals surface area contributed by atoms with Crippen LogP contribution in [0.1, 0.15) is 39.5 Å². The van der Waals surface area contributed by atoms with E-state index in [1.807, 2.05) is 19.1 Å². The number of nitrogens with zero attached hydrogens (tertiary/aromatic N) is 1. The molecule has 1 aliphatic rings. The Balaban J connectivity index is 1.81. The van der Waals surface area contributed by atoms with Crippen molar-refractivity contribution in [3.8, 4) is 5.75 Å². The van der Waals surface area contributed by atoms with Crippen molar-refractivity contribution in [3.05, 3.63) is 62.9 Å². The minimum Gasteiger partial charge on any atom is -0.462 e. The molecule has 4 N–H and O–H groups in total. The summed E-state index contributed by atoms with van der Waals surface area (Å²) >= 11 is 5.67. The summed E-state index contributed by atoms with van der Waals surface area (Å²) in [5.74, 6) is -0.165. The molecule has 1 aliphatic heterocycles. The Labute approximate surface area is 218 Å². The number of carbonyl (C=O) groups excluding carboxylic acids is 1. The van der Waals surface area contributed by atoms with Crippen LogP contribution < -0.4 is 20.9 Å².